The highest BCUT2D eigenvalue weighted by molar-refractivity contribution is 6.33. The topological polar surface area (TPSA) is 75.9 Å². The standard InChI is InChI=1S/C21H30ClN3O3/c1-13(2)14-9-18(28-20(14)27)16(23)10-24-11-19(26)25(12-21(24,3)4)17-8-6-5-7-15(17)22/h5-8,13-14,16,18H,9-12,23H2,1-4H3/t14-,16?,18-/m0/s1. The van der Waals surface area contributed by atoms with E-state index in [1.807, 2.05) is 32.0 Å². The minimum absolute atomic E-state index is 0.0110. The molecule has 1 aromatic rings. The van der Waals surface area contributed by atoms with Gasteiger partial charge in [0.15, 0.2) is 0 Å². The van der Waals surface area contributed by atoms with Gasteiger partial charge in [0.25, 0.3) is 0 Å². The molecule has 2 fully saturated rings. The van der Waals surface area contributed by atoms with E-state index in [1.54, 1.807) is 11.0 Å². The van der Waals surface area contributed by atoms with Gasteiger partial charge in [-0.25, -0.2) is 0 Å². The van der Waals surface area contributed by atoms with Crippen LogP contribution in [0.5, 0.6) is 0 Å². The number of para-hydroxylation sites is 1. The monoisotopic (exact) mass is 407 g/mol. The highest BCUT2D eigenvalue weighted by Crippen LogP contribution is 2.33. The molecule has 7 heteroatoms. The van der Waals surface area contributed by atoms with E-state index < -0.39 is 0 Å². The van der Waals surface area contributed by atoms with Gasteiger partial charge >= 0.3 is 5.97 Å². The van der Waals surface area contributed by atoms with Crippen molar-refractivity contribution in [3.8, 4) is 0 Å². The van der Waals surface area contributed by atoms with Crippen molar-refractivity contribution < 1.29 is 14.3 Å². The lowest BCUT2D eigenvalue weighted by atomic mass is 9.90. The fourth-order valence-corrected chi connectivity index (χ4v) is 4.29. The Morgan fingerprint density at radius 3 is 2.57 bits per heavy atom. The molecule has 28 heavy (non-hydrogen) atoms. The van der Waals surface area contributed by atoms with Gasteiger partial charge < -0.3 is 15.4 Å². The molecule has 3 atom stereocenters. The van der Waals surface area contributed by atoms with Crippen LogP contribution in [0, 0.1) is 11.8 Å². The Labute approximate surface area is 171 Å². The first-order chi connectivity index (χ1) is 13.1. The van der Waals surface area contributed by atoms with Crippen molar-refractivity contribution >= 4 is 29.2 Å². The van der Waals surface area contributed by atoms with Crippen molar-refractivity contribution in [1.82, 2.24) is 4.90 Å². The molecular weight excluding hydrogens is 378 g/mol. The lowest BCUT2D eigenvalue weighted by molar-refractivity contribution is -0.146. The van der Waals surface area contributed by atoms with E-state index in [4.69, 9.17) is 22.1 Å². The number of cyclic esters (lactones) is 1. The number of halogens is 1. The molecule has 1 unspecified atom stereocenters. The normalized spacial score (nSPS) is 26.6. The maximum Gasteiger partial charge on any atom is 0.309 e. The molecule has 1 aromatic carbocycles. The van der Waals surface area contributed by atoms with Crippen molar-refractivity contribution in [3.05, 3.63) is 29.3 Å². The zero-order chi connectivity index (χ0) is 20.6. The first kappa shape index (κ1) is 21.1. The summed E-state index contributed by atoms with van der Waals surface area (Å²) in [6.45, 7) is 9.49. The Hall–Kier alpha value is -1.63. The molecule has 0 spiro atoms. The van der Waals surface area contributed by atoms with Crippen LogP contribution in [0.1, 0.15) is 34.1 Å². The van der Waals surface area contributed by atoms with Crippen molar-refractivity contribution in [2.45, 2.75) is 51.8 Å². The Morgan fingerprint density at radius 1 is 1.29 bits per heavy atom. The minimum atomic E-state index is -0.327. The van der Waals surface area contributed by atoms with Gasteiger partial charge in [-0.15, -0.1) is 0 Å². The minimum Gasteiger partial charge on any atom is -0.460 e. The second kappa shape index (κ2) is 8.01. The second-order valence-electron chi connectivity index (χ2n) is 8.85. The Balaban J connectivity index is 1.68. The number of anilines is 1. The highest BCUT2D eigenvalue weighted by atomic mass is 35.5. The average Bonchev–Trinajstić information content (AvgIpc) is 3.01. The molecule has 2 saturated heterocycles. The summed E-state index contributed by atoms with van der Waals surface area (Å²) in [5.41, 5.74) is 6.85. The van der Waals surface area contributed by atoms with Crippen molar-refractivity contribution in [2.24, 2.45) is 17.6 Å². The molecular formula is C21H30ClN3O3. The molecule has 3 rings (SSSR count). The summed E-state index contributed by atoms with van der Waals surface area (Å²) in [5, 5.41) is 0.564. The quantitative estimate of drug-likeness (QED) is 0.759. The third kappa shape index (κ3) is 4.19. The van der Waals surface area contributed by atoms with E-state index in [0.29, 0.717) is 24.5 Å². The summed E-state index contributed by atoms with van der Waals surface area (Å²) in [6.07, 6.45) is 0.346. The molecule has 1 amide bonds. The predicted molar refractivity (Wildman–Crippen MR) is 110 cm³/mol. The third-order valence-corrected chi connectivity index (χ3v) is 6.26. The molecule has 154 valence electrons. The van der Waals surface area contributed by atoms with Gasteiger partial charge in [0.1, 0.15) is 6.10 Å². The number of carbonyl (C=O) groups is 2. The number of hydrogen-bond acceptors (Lipinski definition) is 5. The molecule has 2 aliphatic heterocycles. The number of amides is 1. The number of rotatable bonds is 5. The molecule has 2 heterocycles. The number of carbonyl (C=O) groups excluding carboxylic acids is 2. The van der Waals surface area contributed by atoms with Crippen LogP contribution in [0.15, 0.2) is 24.3 Å². The Kier molecular flexibility index (Phi) is 6.03. The van der Waals surface area contributed by atoms with Crippen LogP contribution in [0.25, 0.3) is 0 Å². The lowest BCUT2D eigenvalue weighted by Crippen LogP contribution is -2.64. The summed E-state index contributed by atoms with van der Waals surface area (Å²) in [6, 6.07) is 7.06. The van der Waals surface area contributed by atoms with Crippen LogP contribution in [0.2, 0.25) is 5.02 Å². The van der Waals surface area contributed by atoms with E-state index in [-0.39, 0.29) is 47.9 Å². The number of nitrogens with two attached hydrogens (primary N) is 1. The number of benzene rings is 1. The number of hydrogen-bond donors (Lipinski definition) is 1. The van der Waals surface area contributed by atoms with Crippen LogP contribution < -0.4 is 10.6 Å². The average molecular weight is 408 g/mol. The maximum absolute atomic E-state index is 12.8. The molecule has 0 aromatic heterocycles. The van der Waals surface area contributed by atoms with Crippen LogP contribution >= 0.6 is 11.6 Å². The molecule has 0 radical (unpaired) electrons. The highest BCUT2D eigenvalue weighted by Gasteiger charge is 2.43. The first-order valence-corrected chi connectivity index (χ1v) is 10.2. The fraction of sp³-hybridized carbons (Fsp3) is 0.619. The molecule has 2 N–H and O–H groups in total. The summed E-state index contributed by atoms with van der Waals surface area (Å²) >= 11 is 6.30. The summed E-state index contributed by atoms with van der Waals surface area (Å²) in [7, 11) is 0. The largest absolute Gasteiger partial charge is 0.460 e. The summed E-state index contributed by atoms with van der Waals surface area (Å²) in [4.78, 5) is 28.7. The van der Waals surface area contributed by atoms with Gasteiger partial charge in [-0.2, -0.15) is 0 Å². The van der Waals surface area contributed by atoms with Crippen LogP contribution in [-0.2, 0) is 14.3 Å². The first-order valence-electron chi connectivity index (χ1n) is 9.86. The van der Waals surface area contributed by atoms with E-state index in [2.05, 4.69) is 18.7 Å². The zero-order valence-electron chi connectivity index (χ0n) is 17.0. The Bertz CT molecular complexity index is 752. The third-order valence-electron chi connectivity index (χ3n) is 5.94. The van der Waals surface area contributed by atoms with Crippen LogP contribution in [0.3, 0.4) is 0 Å². The molecule has 0 bridgehead atoms. The van der Waals surface area contributed by atoms with Crippen LogP contribution in [-0.4, -0.2) is 54.1 Å². The molecule has 0 aliphatic carbocycles. The fourth-order valence-electron chi connectivity index (χ4n) is 4.05. The number of nitrogens with zero attached hydrogens (tertiary/aromatic N) is 2. The molecule has 2 aliphatic rings. The van der Waals surface area contributed by atoms with Gasteiger partial charge in [0, 0.05) is 18.6 Å². The van der Waals surface area contributed by atoms with E-state index in [9.17, 15) is 9.59 Å². The van der Waals surface area contributed by atoms with E-state index in [0.717, 1.165) is 5.69 Å². The summed E-state index contributed by atoms with van der Waals surface area (Å²) < 4.78 is 5.54. The predicted octanol–water partition coefficient (Wildman–Crippen LogP) is 2.68. The number of piperazine rings is 1. The van der Waals surface area contributed by atoms with Crippen molar-refractivity contribution in [3.63, 3.8) is 0 Å². The smallest absolute Gasteiger partial charge is 0.309 e. The van der Waals surface area contributed by atoms with Crippen molar-refractivity contribution in [1.29, 1.82) is 0 Å². The Morgan fingerprint density at radius 2 is 1.96 bits per heavy atom. The number of esters is 1. The second-order valence-corrected chi connectivity index (χ2v) is 9.26. The number of ether oxygens (including phenoxy) is 1. The SMILES string of the molecule is CC(C)[C@@H]1C[C@@H](C(N)CN2CC(=O)N(c3ccccc3Cl)CC2(C)C)OC1=O. The van der Waals surface area contributed by atoms with Crippen molar-refractivity contribution in [2.75, 3.05) is 24.5 Å². The zero-order valence-corrected chi connectivity index (χ0v) is 17.8. The summed E-state index contributed by atoms with van der Waals surface area (Å²) in [5.74, 6) is -0.0259. The molecule has 0 saturated carbocycles. The van der Waals surface area contributed by atoms with Gasteiger partial charge in [0.2, 0.25) is 5.91 Å². The lowest BCUT2D eigenvalue weighted by Gasteiger charge is -2.47. The van der Waals surface area contributed by atoms with E-state index in [1.165, 1.54) is 0 Å². The van der Waals surface area contributed by atoms with Crippen LogP contribution in [0.4, 0.5) is 5.69 Å². The van der Waals surface area contributed by atoms with E-state index >= 15 is 0 Å². The van der Waals surface area contributed by atoms with Gasteiger partial charge in [-0.3, -0.25) is 14.5 Å². The maximum atomic E-state index is 12.8. The van der Waals surface area contributed by atoms with Gasteiger partial charge in [-0.05, 0) is 38.3 Å². The molecule has 6 nitrogen and oxygen atoms in total. The van der Waals surface area contributed by atoms with Gasteiger partial charge in [0.05, 0.1) is 29.2 Å². The van der Waals surface area contributed by atoms with Gasteiger partial charge in [-0.1, -0.05) is 37.6 Å².